The molecule has 0 fully saturated rings. The normalized spacial score (nSPS) is 10.9. The largest absolute Gasteiger partial charge is 0.481 e. The second-order valence-electron chi connectivity index (χ2n) is 6.28. The maximum absolute atomic E-state index is 9.37. The van der Waals surface area contributed by atoms with Crippen LogP contribution < -0.4 is 0 Å². The van der Waals surface area contributed by atoms with Gasteiger partial charge in [-0.2, -0.15) is 27.8 Å². The number of aliphatic carboxylic acids is 3. The summed E-state index contributed by atoms with van der Waals surface area (Å²) in [7, 11) is 0. The molecule has 6 nitrogen and oxygen atoms in total. The average molecular weight is 431 g/mol. The molecule has 1 aliphatic rings. The van der Waals surface area contributed by atoms with E-state index >= 15 is 0 Å². The Balaban J connectivity index is -0.000000334. The maximum atomic E-state index is 9.37. The van der Waals surface area contributed by atoms with Gasteiger partial charge in [0, 0.05) is 41.0 Å². The Morgan fingerprint density at radius 2 is 1.14 bits per heavy atom. The van der Waals surface area contributed by atoms with E-state index in [0.29, 0.717) is 0 Å². The van der Waals surface area contributed by atoms with Crippen molar-refractivity contribution >= 4 is 17.9 Å². The molecule has 1 aliphatic carbocycles. The van der Waals surface area contributed by atoms with Crippen LogP contribution in [-0.2, 0) is 48.9 Å². The fraction of sp³-hybridized carbons (Fsp3) is 0.619. The zero-order valence-electron chi connectivity index (χ0n) is 18.0. The van der Waals surface area contributed by atoms with Crippen LogP contribution in [0.1, 0.15) is 80.7 Å². The van der Waals surface area contributed by atoms with Crippen LogP contribution in [0.2, 0.25) is 0 Å². The van der Waals surface area contributed by atoms with E-state index in [4.69, 9.17) is 15.3 Å². The summed E-state index contributed by atoms with van der Waals surface area (Å²) in [5, 5.41) is 23.2. The van der Waals surface area contributed by atoms with Crippen LogP contribution in [0.25, 0.3) is 0 Å². The van der Waals surface area contributed by atoms with Gasteiger partial charge < -0.3 is 15.3 Å². The molecule has 0 spiro atoms. The number of hydrogen-bond acceptors (Lipinski definition) is 3. The predicted octanol–water partition coefficient (Wildman–Crippen LogP) is 4.65. The number of carboxylic acids is 3. The fourth-order valence-corrected chi connectivity index (χ4v) is 2.47. The van der Waals surface area contributed by atoms with Crippen LogP contribution in [-0.4, -0.2) is 33.2 Å². The summed E-state index contributed by atoms with van der Waals surface area (Å²) in [6.07, 6.45) is 6.12. The molecule has 0 radical (unpaired) electrons. The van der Waals surface area contributed by atoms with Crippen LogP contribution in [0.15, 0.2) is 0 Å². The van der Waals surface area contributed by atoms with E-state index in [-0.39, 0.29) is 41.0 Å². The predicted molar refractivity (Wildman–Crippen MR) is 107 cm³/mol. The second-order valence-corrected chi connectivity index (χ2v) is 6.28. The quantitative estimate of drug-likeness (QED) is 0.475. The van der Waals surface area contributed by atoms with E-state index < -0.39 is 17.9 Å². The van der Waals surface area contributed by atoms with E-state index in [9.17, 15) is 14.4 Å². The average Bonchev–Trinajstić information content (AvgIpc) is 2.87. The summed E-state index contributed by atoms with van der Waals surface area (Å²) < 4.78 is 0. The minimum absolute atomic E-state index is 0. The number of carbonyl (C=O) groups is 3. The Kier molecular flexibility index (Phi) is 19.6. The van der Waals surface area contributed by atoms with E-state index in [1.54, 1.807) is 48.6 Å². The molecule has 0 atom stereocenters. The van der Waals surface area contributed by atoms with Crippen molar-refractivity contribution in [1.29, 1.82) is 0 Å². The third kappa shape index (κ3) is 13.6. The molecule has 0 heterocycles. The first-order valence-corrected chi connectivity index (χ1v) is 9.42. The topological polar surface area (TPSA) is 112 Å². The number of hydrogen-bond donors (Lipinski definition) is 3. The van der Waals surface area contributed by atoms with Crippen molar-refractivity contribution in [3.63, 3.8) is 0 Å². The molecule has 0 saturated carbocycles. The van der Waals surface area contributed by atoms with Gasteiger partial charge in [-0.15, -0.1) is 0 Å². The van der Waals surface area contributed by atoms with E-state index in [1.807, 2.05) is 0 Å². The van der Waals surface area contributed by atoms with Crippen LogP contribution in [0.4, 0.5) is 0 Å². The second kappa shape index (κ2) is 17.6. The third-order valence-electron chi connectivity index (χ3n) is 4.41. The first kappa shape index (κ1) is 31.2. The minimum Gasteiger partial charge on any atom is -0.481 e. The Labute approximate surface area is 183 Å². The van der Waals surface area contributed by atoms with Gasteiger partial charge in [0.15, 0.2) is 0 Å². The maximum Gasteiger partial charge on any atom is 0.303 e. The SMILES string of the molecule is CCC(=O)O.CCC(=O)O.CCC(=O)O.Cc1c2c([c-](C)c1C)CCCC2.[Ti]. The van der Waals surface area contributed by atoms with Crippen molar-refractivity contribution in [3.8, 4) is 0 Å². The van der Waals surface area contributed by atoms with E-state index in [0.717, 1.165) is 0 Å². The summed E-state index contributed by atoms with van der Waals surface area (Å²) >= 11 is 0. The van der Waals surface area contributed by atoms with Crippen LogP contribution in [0.5, 0.6) is 0 Å². The van der Waals surface area contributed by atoms with Crippen LogP contribution >= 0.6 is 0 Å². The molecule has 0 saturated heterocycles. The molecule has 160 valence electrons. The van der Waals surface area contributed by atoms with E-state index in [2.05, 4.69) is 20.8 Å². The fourth-order valence-electron chi connectivity index (χ4n) is 2.47. The van der Waals surface area contributed by atoms with Gasteiger partial charge in [0.1, 0.15) is 0 Å². The molecule has 0 bridgehead atoms. The molecule has 1 aromatic rings. The molecule has 0 unspecified atom stereocenters. The van der Waals surface area contributed by atoms with Gasteiger partial charge in [0.05, 0.1) is 0 Å². The Hall–Kier alpha value is -1.53. The smallest absolute Gasteiger partial charge is 0.303 e. The number of fused-ring (bicyclic) bond motifs is 1. The minimum atomic E-state index is -0.745. The summed E-state index contributed by atoms with van der Waals surface area (Å²) in [5.41, 5.74) is 8.04. The van der Waals surface area contributed by atoms with Gasteiger partial charge in [-0.1, -0.05) is 67.2 Å². The molecule has 0 aliphatic heterocycles. The van der Waals surface area contributed by atoms with Crippen molar-refractivity contribution in [1.82, 2.24) is 0 Å². The van der Waals surface area contributed by atoms with Crippen molar-refractivity contribution in [3.05, 3.63) is 27.8 Å². The summed E-state index contributed by atoms with van der Waals surface area (Å²) in [6.45, 7) is 11.6. The van der Waals surface area contributed by atoms with Gasteiger partial charge >= 0.3 is 17.9 Å². The van der Waals surface area contributed by atoms with Crippen molar-refractivity contribution in [2.45, 2.75) is 86.5 Å². The molecule has 0 aromatic heterocycles. The van der Waals surface area contributed by atoms with Crippen molar-refractivity contribution in [2.24, 2.45) is 0 Å². The number of rotatable bonds is 3. The number of carboxylic acid groups (broad SMARTS) is 3. The first-order valence-electron chi connectivity index (χ1n) is 9.42. The van der Waals surface area contributed by atoms with Crippen molar-refractivity contribution < 1.29 is 51.4 Å². The van der Waals surface area contributed by atoms with Gasteiger partial charge in [-0.3, -0.25) is 14.4 Å². The standard InChI is InChI=1S/C12H17.3C3H6O2.Ti/c1-8-9(2)11-6-4-5-7-12(11)10(8)3;3*1-2-3(4)5;/h4-7H2,1-3H3;3*2H2,1H3,(H,4,5);/q-1;;;;. The molecule has 7 heteroatoms. The van der Waals surface area contributed by atoms with Gasteiger partial charge in [0.2, 0.25) is 0 Å². The molecule has 2 rings (SSSR count). The summed E-state index contributed by atoms with van der Waals surface area (Å²) in [4.78, 5) is 28.1. The summed E-state index contributed by atoms with van der Waals surface area (Å²) in [6, 6.07) is 0. The zero-order chi connectivity index (χ0) is 21.6. The molecule has 1 aromatic carbocycles. The van der Waals surface area contributed by atoms with E-state index in [1.165, 1.54) is 25.7 Å². The van der Waals surface area contributed by atoms with Gasteiger partial charge in [-0.25, -0.2) is 0 Å². The Morgan fingerprint density at radius 3 is 1.43 bits per heavy atom. The van der Waals surface area contributed by atoms with Gasteiger partial charge in [0.25, 0.3) is 0 Å². The van der Waals surface area contributed by atoms with Gasteiger partial charge in [-0.05, 0) is 0 Å². The summed E-state index contributed by atoms with van der Waals surface area (Å²) in [5.74, 6) is -2.24. The molecule has 3 N–H and O–H groups in total. The molecule has 28 heavy (non-hydrogen) atoms. The zero-order valence-corrected chi connectivity index (χ0v) is 19.6. The molecular formula is C21H35O6Ti-. The monoisotopic (exact) mass is 431 g/mol. The van der Waals surface area contributed by atoms with Crippen LogP contribution in [0, 0.1) is 20.8 Å². The first-order chi connectivity index (χ1) is 12.5. The third-order valence-corrected chi connectivity index (χ3v) is 4.41. The van der Waals surface area contributed by atoms with Crippen LogP contribution in [0.3, 0.4) is 0 Å². The molecular weight excluding hydrogens is 396 g/mol. The Morgan fingerprint density at radius 1 is 0.821 bits per heavy atom. The van der Waals surface area contributed by atoms with Crippen molar-refractivity contribution in [2.75, 3.05) is 0 Å². The molecule has 0 amide bonds. The Bertz CT molecular complexity index is 542.